The van der Waals surface area contributed by atoms with Crippen LogP contribution in [0.4, 0.5) is 0 Å². The van der Waals surface area contributed by atoms with Crippen molar-refractivity contribution in [3.05, 3.63) is 59.7 Å². The zero-order valence-corrected chi connectivity index (χ0v) is 11.8. The number of fused-ring (bicyclic) bond motifs is 1. The molecule has 2 aromatic rings. The molecule has 0 saturated heterocycles. The standard InChI is InChI=1S/C17H17NO3/c1-12(14-5-3-2-4-6-14)18-17(19)10-13-7-8-15-16(9-13)21-11-20-15/h2-9,12H,10-11H2,1H3,(H,18,19)/t12-/m1/s1. The number of benzene rings is 2. The number of hydrogen-bond acceptors (Lipinski definition) is 3. The van der Waals surface area contributed by atoms with Crippen molar-refractivity contribution in [2.45, 2.75) is 19.4 Å². The Bertz CT molecular complexity index is 640. The van der Waals surface area contributed by atoms with Crippen molar-refractivity contribution >= 4 is 5.91 Å². The van der Waals surface area contributed by atoms with Gasteiger partial charge in [-0.15, -0.1) is 0 Å². The van der Waals surface area contributed by atoms with Crippen molar-refractivity contribution in [3.8, 4) is 11.5 Å². The molecule has 1 heterocycles. The van der Waals surface area contributed by atoms with Gasteiger partial charge in [-0.1, -0.05) is 36.4 Å². The van der Waals surface area contributed by atoms with Crippen LogP contribution in [0.2, 0.25) is 0 Å². The molecule has 0 radical (unpaired) electrons. The van der Waals surface area contributed by atoms with Gasteiger partial charge in [0.1, 0.15) is 0 Å². The smallest absolute Gasteiger partial charge is 0.231 e. The topological polar surface area (TPSA) is 47.6 Å². The molecule has 0 spiro atoms. The third kappa shape index (κ3) is 3.16. The summed E-state index contributed by atoms with van der Waals surface area (Å²) < 4.78 is 10.6. The van der Waals surface area contributed by atoms with E-state index in [0.29, 0.717) is 12.2 Å². The van der Waals surface area contributed by atoms with Gasteiger partial charge in [-0.05, 0) is 30.2 Å². The zero-order chi connectivity index (χ0) is 14.7. The van der Waals surface area contributed by atoms with E-state index < -0.39 is 0 Å². The summed E-state index contributed by atoms with van der Waals surface area (Å²) in [6.45, 7) is 2.23. The van der Waals surface area contributed by atoms with E-state index in [1.165, 1.54) is 0 Å². The summed E-state index contributed by atoms with van der Waals surface area (Å²) in [4.78, 5) is 12.1. The predicted octanol–water partition coefficient (Wildman–Crippen LogP) is 2.84. The molecule has 1 N–H and O–H groups in total. The van der Waals surface area contributed by atoms with E-state index in [1.807, 2.05) is 55.5 Å². The Hall–Kier alpha value is -2.49. The molecule has 0 aliphatic carbocycles. The first-order valence-electron chi connectivity index (χ1n) is 6.95. The van der Waals surface area contributed by atoms with E-state index >= 15 is 0 Å². The van der Waals surface area contributed by atoms with Crippen molar-refractivity contribution in [1.29, 1.82) is 0 Å². The molecular weight excluding hydrogens is 266 g/mol. The van der Waals surface area contributed by atoms with Crippen LogP contribution in [0.3, 0.4) is 0 Å². The Morgan fingerprint density at radius 2 is 1.90 bits per heavy atom. The minimum Gasteiger partial charge on any atom is -0.454 e. The van der Waals surface area contributed by atoms with Crippen LogP contribution >= 0.6 is 0 Å². The van der Waals surface area contributed by atoms with Gasteiger partial charge in [0.15, 0.2) is 11.5 Å². The molecule has 4 heteroatoms. The first-order chi connectivity index (χ1) is 10.2. The van der Waals surface area contributed by atoms with Gasteiger partial charge in [0.2, 0.25) is 12.7 Å². The van der Waals surface area contributed by atoms with Crippen LogP contribution in [0.15, 0.2) is 48.5 Å². The van der Waals surface area contributed by atoms with E-state index in [4.69, 9.17) is 9.47 Å². The van der Waals surface area contributed by atoms with Crippen molar-refractivity contribution in [1.82, 2.24) is 5.32 Å². The largest absolute Gasteiger partial charge is 0.454 e. The molecule has 4 nitrogen and oxygen atoms in total. The van der Waals surface area contributed by atoms with Crippen molar-refractivity contribution in [2.75, 3.05) is 6.79 Å². The van der Waals surface area contributed by atoms with Gasteiger partial charge in [-0.3, -0.25) is 4.79 Å². The fourth-order valence-corrected chi connectivity index (χ4v) is 2.35. The third-order valence-electron chi connectivity index (χ3n) is 3.48. The maximum absolute atomic E-state index is 12.1. The monoisotopic (exact) mass is 283 g/mol. The van der Waals surface area contributed by atoms with Crippen molar-refractivity contribution < 1.29 is 14.3 Å². The molecule has 0 saturated carbocycles. The van der Waals surface area contributed by atoms with Gasteiger partial charge >= 0.3 is 0 Å². The lowest BCUT2D eigenvalue weighted by molar-refractivity contribution is -0.121. The van der Waals surface area contributed by atoms with E-state index in [-0.39, 0.29) is 18.7 Å². The van der Waals surface area contributed by atoms with Crippen LogP contribution in [0.1, 0.15) is 24.1 Å². The molecule has 108 valence electrons. The van der Waals surface area contributed by atoms with Crippen LogP contribution in [-0.2, 0) is 11.2 Å². The van der Waals surface area contributed by atoms with Gasteiger partial charge in [0.25, 0.3) is 0 Å². The van der Waals surface area contributed by atoms with Gasteiger partial charge in [-0.25, -0.2) is 0 Å². The Morgan fingerprint density at radius 1 is 1.14 bits per heavy atom. The average Bonchev–Trinajstić information content (AvgIpc) is 2.95. The minimum absolute atomic E-state index is 0.00675. The van der Waals surface area contributed by atoms with Gasteiger partial charge in [0.05, 0.1) is 12.5 Å². The third-order valence-corrected chi connectivity index (χ3v) is 3.48. The normalized spacial score (nSPS) is 13.8. The summed E-state index contributed by atoms with van der Waals surface area (Å²) in [7, 11) is 0. The lowest BCUT2D eigenvalue weighted by Crippen LogP contribution is -2.28. The Morgan fingerprint density at radius 3 is 2.71 bits per heavy atom. The van der Waals surface area contributed by atoms with Crippen LogP contribution in [-0.4, -0.2) is 12.7 Å². The second-order valence-electron chi connectivity index (χ2n) is 5.06. The van der Waals surface area contributed by atoms with Gasteiger partial charge in [-0.2, -0.15) is 0 Å². The number of rotatable bonds is 4. The fraction of sp³-hybridized carbons (Fsp3) is 0.235. The highest BCUT2D eigenvalue weighted by atomic mass is 16.7. The molecule has 0 aromatic heterocycles. The highest BCUT2D eigenvalue weighted by molar-refractivity contribution is 5.79. The maximum Gasteiger partial charge on any atom is 0.231 e. The highest BCUT2D eigenvalue weighted by Gasteiger charge is 2.15. The van der Waals surface area contributed by atoms with Gasteiger partial charge < -0.3 is 14.8 Å². The summed E-state index contributed by atoms with van der Waals surface area (Å²) >= 11 is 0. The summed E-state index contributed by atoms with van der Waals surface area (Å²) in [5.41, 5.74) is 2.01. The van der Waals surface area contributed by atoms with Crippen molar-refractivity contribution in [3.63, 3.8) is 0 Å². The molecule has 0 fully saturated rings. The summed E-state index contributed by atoms with van der Waals surface area (Å²) in [6.07, 6.45) is 0.327. The Labute approximate surface area is 123 Å². The minimum atomic E-state index is -0.00906. The summed E-state index contributed by atoms with van der Waals surface area (Å²) in [5.74, 6) is 1.43. The number of amides is 1. The van der Waals surface area contributed by atoms with Crippen molar-refractivity contribution in [2.24, 2.45) is 0 Å². The predicted molar refractivity (Wildman–Crippen MR) is 79.3 cm³/mol. The van der Waals surface area contributed by atoms with Crippen LogP contribution < -0.4 is 14.8 Å². The lowest BCUT2D eigenvalue weighted by Gasteiger charge is -2.14. The molecular formula is C17H17NO3. The molecule has 21 heavy (non-hydrogen) atoms. The molecule has 1 atom stereocenters. The SMILES string of the molecule is C[C@@H](NC(=O)Cc1ccc2c(c1)OCO2)c1ccccc1. The number of carbonyl (C=O) groups is 1. The van der Waals surface area contributed by atoms with Crippen LogP contribution in [0.25, 0.3) is 0 Å². The molecule has 0 unspecified atom stereocenters. The average molecular weight is 283 g/mol. The number of hydrogen-bond donors (Lipinski definition) is 1. The van der Waals surface area contributed by atoms with Crippen LogP contribution in [0, 0.1) is 0 Å². The molecule has 1 amide bonds. The van der Waals surface area contributed by atoms with E-state index in [2.05, 4.69) is 5.32 Å². The zero-order valence-electron chi connectivity index (χ0n) is 11.8. The molecule has 2 aromatic carbocycles. The second kappa shape index (κ2) is 5.87. The highest BCUT2D eigenvalue weighted by Crippen LogP contribution is 2.32. The quantitative estimate of drug-likeness (QED) is 0.938. The lowest BCUT2D eigenvalue weighted by atomic mass is 10.1. The van der Waals surface area contributed by atoms with Crippen LogP contribution in [0.5, 0.6) is 11.5 Å². The molecule has 0 bridgehead atoms. The Balaban J connectivity index is 1.61. The summed E-state index contributed by atoms with van der Waals surface area (Å²) in [6, 6.07) is 15.5. The van der Waals surface area contributed by atoms with Gasteiger partial charge in [0, 0.05) is 0 Å². The first kappa shape index (κ1) is 13.5. The fourth-order valence-electron chi connectivity index (χ4n) is 2.35. The molecule has 3 rings (SSSR count). The second-order valence-corrected chi connectivity index (χ2v) is 5.06. The molecule has 1 aliphatic heterocycles. The van der Waals surface area contributed by atoms with E-state index in [9.17, 15) is 4.79 Å². The molecule has 1 aliphatic rings. The number of ether oxygens (including phenoxy) is 2. The van der Waals surface area contributed by atoms with E-state index in [1.54, 1.807) is 0 Å². The first-order valence-corrected chi connectivity index (χ1v) is 6.95. The number of nitrogens with one attached hydrogen (secondary N) is 1. The maximum atomic E-state index is 12.1. The summed E-state index contributed by atoms with van der Waals surface area (Å²) in [5, 5.41) is 3.00. The van der Waals surface area contributed by atoms with E-state index in [0.717, 1.165) is 16.9 Å². The number of carbonyl (C=O) groups excluding carboxylic acids is 1. The Kier molecular flexibility index (Phi) is 3.77.